The minimum absolute atomic E-state index is 0.0322. The Morgan fingerprint density at radius 1 is 1.10 bits per heavy atom. The van der Waals surface area contributed by atoms with Crippen LogP contribution in [0.2, 0.25) is 0 Å². The third kappa shape index (κ3) is 4.07. The summed E-state index contributed by atoms with van der Waals surface area (Å²) >= 11 is 0. The third-order valence-corrected chi connectivity index (χ3v) is 5.51. The first-order chi connectivity index (χ1) is 14.2. The Bertz CT molecular complexity index is 995. The van der Waals surface area contributed by atoms with E-state index in [2.05, 4.69) is 34.3 Å². The molecule has 0 aliphatic carbocycles. The van der Waals surface area contributed by atoms with E-state index in [1.54, 1.807) is 14.2 Å². The number of nitrogens with one attached hydrogen (secondary N) is 1. The number of methoxy groups -OCH3 is 2. The van der Waals surface area contributed by atoms with Gasteiger partial charge in [-0.05, 0) is 41.3 Å². The molecule has 0 bridgehead atoms. The van der Waals surface area contributed by atoms with Crippen molar-refractivity contribution < 1.29 is 14.3 Å². The van der Waals surface area contributed by atoms with Crippen LogP contribution in [0.1, 0.15) is 16.7 Å². The number of urea groups is 1. The molecule has 0 saturated heterocycles. The summed E-state index contributed by atoms with van der Waals surface area (Å²) in [6.07, 6.45) is 3.06. The van der Waals surface area contributed by atoms with Crippen molar-refractivity contribution in [2.75, 3.05) is 27.4 Å². The Kier molecular flexibility index (Phi) is 5.71. The zero-order valence-electron chi connectivity index (χ0n) is 17.0. The van der Waals surface area contributed by atoms with Crippen LogP contribution < -0.4 is 10.1 Å². The summed E-state index contributed by atoms with van der Waals surface area (Å²) in [7, 11) is 3.37. The second-order valence-electron chi connectivity index (χ2n) is 7.33. The molecule has 0 atom stereocenters. The van der Waals surface area contributed by atoms with Gasteiger partial charge in [0.05, 0.1) is 13.7 Å². The largest absolute Gasteiger partial charge is 0.497 e. The van der Waals surface area contributed by atoms with Crippen LogP contribution in [0.15, 0.2) is 48.7 Å². The number of carbonyl (C=O) groups excluding carboxylic acids is 1. The average molecular weight is 393 g/mol. The maximum absolute atomic E-state index is 12.8. The molecule has 1 N–H and O–H groups in total. The van der Waals surface area contributed by atoms with Crippen LogP contribution in [-0.4, -0.2) is 42.9 Å². The highest BCUT2D eigenvalue weighted by atomic mass is 16.5. The van der Waals surface area contributed by atoms with Gasteiger partial charge < -0.3 is 24.3 Å². The van der Waals surface area contributed by atoms with Gasteiger partial charge >= 0.3 is 6.03 Å². The first-order valence-corrected chi connectivity index (χ1v) is 9.94. The summed E-state index contributed by atoms with van der Waals surface area (Å²) in [4.78, 5) is 14.7. The number of aromatic nitrogens is 1. The van der Waals surface area contributed by atoms with Crippen molar-refractivity contribution >= 4 is 16.9 Å². The smallest absolute Gasteiger partial charge is 0.317 e. The number of amides is 2. The molecule has 1 aromatic heterocycles. The molecular formula is C23H27N3O3. The maximum Gasteiger partial charge on any atom is 0.317 e. The van der Waals surface area contributed by atoms with Crippen molar-refractivity contribution in [1.82, 2.24) is 14.8 Å². The van der Waals surface area contributed by atoms with Gasteiger partial charge in [-0.2, -0.15) is 0 Å². The van der Waals surface area contributed by atoms with Gasteiger partial charge in [0.1, 0.15) is 5.75 Å². The SMILES string of the molecule is COCCn1cc2c3c(cccc31)CN(C(=O)NCc1ccc(OC)cc1)CC2. The van der Waals surface area contributed by atoms with Crippen LogP contribution in [0.4, 0.5) is 4.79 Å². The highest BCUT2D eigenvalue weighted by Crippen LogP contribution is 2.29. The molecule has 29 heavy (non-hydrogen) atoms. The fourth-order valence-electron chi connectivity index (χ4n) is 3.96. The Hall–Kier alpha value is -2.99. The molecule has 1 aliphatic rings. The summed E-state index contributed by atoms with van der Waals surface area (Å²) in [5.41, 5.74) is 4.77. The van der Waals surface area contributed by atoms with Gasteiger partial charge in [-0.25, -0.2) is 4.79 Å². The van der Waals surface area contributed by atoms with E-state index in [9.17, 15) is 4.79 Å². The summed E-state index contributed by atoms with van der Waals surface area (Å²) < 4.78 is 12.7. The molecular weight excluding hydrogens is 366 g/mol. The van der Waals surface area contributed by atoms with Gasteiger partial charge in [0.25, 0.3) is 0 Å². The number of benzene rings is 2. The van der Waals surface area contributed by atoms with Crippen LogP contribution in [0, 0.1) is 0 Å². The molecule has 2 amide bonds. The summed E-state index contributed by atoms with van der Waals surface area (Å²) in [5.74, 6) is 0.813. The fraction of sp³-hybridized carbons (Fsp3) is 0.348. The summed E-state index contributed by atoms with van der Waals surface area (Å²) in [5, 5.41) is 4.33. The van der Waals surface area contributed by atoms with E-state index in [1.807, 2.05) is 29.2 Å². The van der Waals surface area contributed by atoms with Gasteiger partial charge in [0.15, 0.2) is 0 Å². The second-order valence-corrected chi connectivity index (χ2v) is 7.33. The molecule has 3 aromatic rings. The Balaban J connectivity index is 1.47. The minimum atomic E-state index is -0.0322. The van der Waals surface area contributed by atoms with E-state index >= 15 is 0 Å². The van der Waals surface area contributed by atoms with E-state index in [0.29, 0.717) is 26.2 Å². The van der Waals surface area contributed by atoms with E-state index < -0.39 is 0 Å². The van der Waals surface area contributed by atoms with Crippen molar-refractivity contribution in [3.05, 3.63) is 65.4 Å². The second kappa shape index (κ2) is 8.57. The quantitative estimate of drug-likeness (QED) is 0.697. The van der Waals surface area contributed by atoms with Crippen LogP contribution in [0.25, 0.3) is 10.9 Å². The lowest BCUT2D eigenvalue weighted by Gasteiger charge is -2.22. The Morgan fingerprint density at radius 2 is 1.93 bits per heavy atom. The van der Waals surface area contributed by atoms with Crippen molar-refractivity contribution in [2.24, 2.45) is 0 Å². The van der Waals surface area contributed by atoms with Gasteiger partial charge in [-0.3, -0.25) is 0 Å². The molecule has 4 rings (SSSR count). The monoisotopic (exact) mass is 393 g/mol. The zero-order chi connectivity index (χ0) is 20.2. The number of hydrogen-bond donors (Lipinski definition) is 1. The Labute approximate surface area is 171 Å². The van der Waals surface area contributed by atoms with E-state index in [-0.39, 0.29) is 6.03 Å². The van der Waals surface area contributed by atoms with Crippen molar-refractivity contribution in [3.63, 3.8) is 0 Å². The first-order valence-electron chi connectivity index (χ1n) is 9.94. The van der Waals surface area contributed by atoms with Crippen LogP contribution in [-0.2, 0) is 30.8 Å². The predicted molar refractivity (Wildman–Crippen MR) is 113 cm³/mol. The van der Waals surface area contributed by atoms with Crippen LogP contribution in [0.3, 0.4) is 0 Å². The molecule has 0 spiro atoms. The highest BCUT2D eigenvalue weighted by molar-refractivity contribution is 5.88. The number of nitrogens with zero attached hydrogens (tertiary/aromatic N) is 2. The predicted octanol–water partition coefficient (Wildman–Crippen LogP) is 3.56. The van der Waals surface area contributed by atoms with E-state index in [0.717, 1.165) is 24.3 Å². The minimum Gasteiger partial charge on any atom is -0.497 e. The molecule has 0 saturated carbocycles. The van der Waals surface area contributed by atoms with E-state index in [4.69, 9.17) is 9.47 Å². The molecule has 152 valence electrons. The molecule has 2 aromatic carbocycles. The van der Waals surface area contributed by atoms with Gasteiger partial charge in [-0.15, -0.1) is 0 Å². The molecule has 0 radical (unpaired) electrons. The number of rotatable bonds is 6. The lowest BCUT2D eigenvalue weighted by Crippen LogP contribution is -2.39. The summed E-state index contributed by atoms with van der Waals surface area (Å²) in [6, 6.07) is 14.1. The normalized spacial score (nSPS) is 13.4. The average Bonchev–Trinajstić information content (AvgIpc) is 3.00. The lowest BCUT2D eigenvalue weighted by molar-refractivity contribution is 0.188. The van der Waals surface area contributed by atoms with Gasteiger partial charge in [0.2, 0.25) is 0 Å². The van der Waals surface area contributed by atoms with Gasteiger partial charge in [-0.1, -0.05) is 24.3 Å². The van der Waals surface area contributed by atoms with Crippen molar-refractivity contribution in [3.8, 4) is 5.75 Å². The van der Waals surface area contributed by atoms with Crippen LogP contribution >= 0.6 is 0 Å². The maximum atomic E-state index is 12.8. The Morgan fingerprint density at radius 3 is 2.69 bits per heavy atom. The number of hydrogen-bond acceptors (Lipinski definition) is 3. The molecule has 0 fully saturated rings. The van der Waals surface area contributed by atoms with Crippen molar-refractivity contribution in [2.45, 2.75) is 26.1 Å². The van der Waals surface area contributed by atoms with Gasteiger partial charge in [0, 0.05) is 50.4 Å². The van der Waals surface area contributed by atoms with Crippen molar-refractivity contribution in [1.29, 1.82) is 0 Å². The summed E-state index contributed by atoms with van der Waals surface area (Å²) in [6.45, 7) is 3.34. The topological polar surface area (TPSA) is 55.7 Å². The molecule has 1 aliphatic heterocycles. The standard InChI is InChI=1S/C23H27N3O3/c1-28-13-12-25-15-19-10-11-26(16-18-4-3-5-21(25)22(18)19)23(27)24-14-17-6-8-20(29-2)9-7-17/h3-9,15H,10-14,16H2,1-2H3,(H,24,27). The first kappa shape index (κ1) is 19.3. The van der Waals surface area contributed by atoms with E-state index in [1.165, 1.54) is 22.0 Å². The molecule has 0 unspecified atom stereocenters. The number of carbonyl (C=O) groups is 1. The lowest BCUT2D eigenvalue weighted by atomic mass is 10.1. The van der Waals surface area contributed by atoms with Crippen LogP contribution in [0.5, 0.6) is 5.75 Å². The number of ether oxygens (including phenoxy) is 2. The molecule has 6 heteroatoms. The molecule has 6 nitrogen and oxygen atoms in total. The fourth-order valence-corrected chi connectivity index (χ4v) is 3.96. The zero-order valence-corrected chi connectivity index (χ0v) is 17.0. The highest BCUT2D eigenvalue weighted by Gasteiger charge is 2.22. The third-order valence-electron chi connectivity index (χ3n) is 5.51. The molecule has 2 heterocycles.